The Hall–Kier alpha value is -2.69. The quantitative estimate of drug-likeness (QED) is 0.539. The van der Waals surface area contributed by atoms with E-state index in [9.17, 15) is 22.8 Å². The number of rotatable bonds is 6. The average molecular weight is 530 g/mol. The molecular weight excluding hydrogens is 507 g/mol. The van der Waals surface area contributed by atoms with Crippen molar-refractivity contribution in [1.82, 2.24) is 14.9 Å². The van der Waals surface area contributed by atoms with Crippen LogP contribution in [0.5, 0.6) is 0 Å². The van der Waals surface area contributed by atoms with E-state index < -0.39 is 35.3 Å². The van der Waals surface area contributed by atoms with Crippen LogP contribution in [0.3, 0.4) is 0 Å². The SMILES string of the molecule is CC(C)(C)OC(=O)N(Cc1ccc(C(F)(F)F)c(Br)c1)Cc1cnc([C@H]2C[C@@H]2C(=O)O)cn1. The van der Waals surface area contributed by atoms with Crippen LogP contribution in [0.2, 0.25) is 0 Å². The van der Waals surface area contributed by atoms with E-state index in [0.717, 1.165) is 6.07 Å². The van der Waals surface area contributed by atoms with Gasteiger partial charge in [0.05, 0.1) is 35.6 Å². The summed E-state index contributed by atoms with van der Waals surface area (Å²) in [5, 5.41) is 9.06. The molecule has 0 radical (unpaired) electrons. The van der Waals surface area contributed by atoms with E-state index in [2.05, 4.69) is 25.9 Å². The number of amides is 1. The van der Waals surface area contributed by atoms with Gasteiger partial charge in [-0.05, 0) is 44.9 Å². The molecule has 178 valence electrons. The zero-order chi connectivity index (χ0) is 24.6. The van der Waals surface area contributed by atoms with Gasteiger partial charge in [0, 0.05) is 23.1 Å². The zero-order valence-electron chi connectivity index (χ0n) is 18.2. The summed E-state index contributed by atoms with van der Waals surface area (Å²) in [4.78, 5) is 33.7. The van der Waals surface area contributed by atoms with Crippen molar-refractivity contribution in [1.29, 1.82) is 0 Å². The Labute approximate surface area is 197 Å². The Bertz CT molecular complexity index is 1040. The van der Waals surface area contributed by atoms with Gasteiger partial charge in [0.15, 0.2) is 0 Å². The molecular formula is C22H23BrF3N3O4. The van der Waals surface area contributed by atoms with Crippen molar-refractivity contribution in [2.75, 3.05) is 0 Å². The van der Waals surface area contributed by atoms with E-state index in [0.29, 0.717) is 23.4 Å². The average Bonchev–Trinajstić information content (AvgIpc) is 3.47. The van der Waals surface area contributed by atoms with Gasteiger partial charge in [0.2, 0.25) is 0 Å². The number of halogens is 4. The normalized spacial score (nSPS) is 18.0. The number of aliphatic carboxylic acids is 1. The fraction of sp³-hybridized carbons (Fsp3) is 0.455. The summed E-state index contributed by atoms with van der Waals surface area (Å²) in [5.74, 6) is -1.50. The maximum Gasteiger partial charge on any atom is 0.417 e. The molecule has 2 aromatic rings. The van der Waals surface area contributed by atoms with Gasteiger partial charge in [-0.2, -0.15) is 13.2 Å². The fourth-order valence-electron chi connectivity index (χ4n) is 3.25. The lowest BCUT2D eigenvalue weighted by Crippen LogP contribution is -2.36. The number of aromatic nitrogens is 2. The lowest BCUT2D eigenvalue weighted by molar-refractivity contribution is -0.139. The molecule has 1 fully saturated rings. The predicted molar refractivity (Wildman–Crippen MR) is 115 cm³/mol. The Kier molecular flexibility index (Phi) is 7.01. The van der Waals surface area contributed by atoms with Gasteiger partial charge in [0.1, 0.15) is 5.60 Å². The minimum atomic E-state index is -4.50. The van der Waals surface area contributed by atoms with E-state index in [1.807, 2.05) is 0 Å². The zero-order valence-corrected chi connectivity index (χ0v) is 19.8. The number of hydrogen-bond acceptors (Lipinski definition) is 5. The highest BCUT2D eigenvalue weighted by Gasteiger charge is 2.45. The molecule has 1 aromatic heterocycles. The van der Waals surface area contributed by atoms with Crippen molar-refractivity contribution in [3.8, 4) is 0 Å². The largest absolute Gasteiger partial charge is 0.481 e. The molecule has 7 nitrogen and oxygen atoms in total. The highest BCUT2D eigenvalue weighted by Crippen LogP contribution is 2.46. The molecule has 1 aromatic carbocycles. The van der Waals surface area contributed by atoms with Gasteiger partial charge >= 0.3 is 18.2 Å². The van der Waals surface area contributed by atoms with Crippen molar-refractivity contribution >= 4 is 28.0 Å². The number of carbonyl (C=O) groups is 2. The molecule has 3 rings (SSSR count). The van der Waals surface area contributed by atoms with Crippen LogP contribution in [0.1, 0.15) is 55.6 Å². The highest BCUT2D eigenvalue weighted by atomic mass is 79.9. The molecule has 0 aliphatic heterocycles. The van der Waals surface area contributed by atoms with Gasteiger partial charge in [-0.15, -0.1) is 0 Å². The number of carboxylic acid groups (broad SMARTS) is 1. The van der Waals surface area contributed by atoms with E-state index in [1.54, 1.807) is 20.8 Å². The topological polar surface area (TPSA) is 92.6 Å². The molecule has 1 saturated carbocycles. The van der Waals surface area contributed by atoms with Gasteiger partial charge in [-0.25, -0.2) is 4.79 Å². The highest BCUT2D eigenvalue weighted by molar-refractivity contribution is 9.10. The molecule has 1 amide bonds. The fourth-order valence-corrected chi connectivity index (χ4v) is 3.90. The van der Waals surface area contributed by atoms with Crippen molar-refractivity contribution in [3.05, 3.63) is 57.6 Å². The van der Waals surface area contributed by atoms with Crippen LogP contribution >= 0.6 is 15.9 Å². The first-order valence-corrected chi connectivity index (χ1v) is 10.9. The van der Waals surface area contributed by atoms with Crippen LogP contribution in [0, 0.1) is 5.92 Å². The Balaban J connectivity index is 1.78. The lowest BCUT2D eigenvalue weighted by Gasteiger charge is -2.27. The van der Waals surface area contributed by atoms with E-state index in [4.69, 9.17) is 9.84 Å². The lowest BCUT2D eigenvalue weighted by atomic mass is 10.1. The Morgan fingerprint density at radius 3 is 2.36 bits per heavy atom. The third-order valence-corrected chi connectivity index (χ3v) is 5.59. The molecule has 2 atom stereocenters. The summed E-state index contributed by atoms with van der Waals surface area (Å²) in [6.45, 7) is 5.12. The summed E-state index contributed by atoms with van der Waals surface area (Å²) < 4.78 is 44.5. The second kappa shape index (κ2) is 9.28. The molecule has 1 heterocycles. The number of carboxylic acids is 1. The van der Waals surface area contributed by atoms with Gasteiger partial charge < -0.3 is 9.84 Å². The minimum absolute atomic E-state index is 0.00780. The van der Waals surface area contributed by atoms with Crippen molar-refractivity contribution in [2.24, 2.45) is 5.92 Å². The second-order valence-electron chi connectivity index (χ2n) is 8.87. The minimum Gasteiger partial charge on any atom is -0.481 e. The van der Waals surface area contributed by atoms with Crippen LogP contribution in [0.25, 0.3) is 0 Å². The molecule has 0 saturated heterocycles. The van der Waals surface area contributed by atoms with Crippen molar-refractivity contribution in [3.63, 3.8) is 0 Å². The van der Waals surface area contributed by atoms with Crippen LogP contribution < -0.4 is 0 Å². The van der Waals surface area contributed by atoms with Crippen LogP contribution in [-0.4, -0.2) is 37.6 Å². The second-order valence-corrected chi connectivity index (χ2v) is 9.72. The summed E-state index contributed by atoms with van der Waals surface area (Å²) in [5.41, 5.74) is -0.114. The number of carbonyl (C=O) groups excluding carboxylic acids is 1. The summed E-state index contributed by atoms with van der Waals surface area (Å²) >= 11 is 2.95. The monoisotopic (exact) mass is 529 g/mol. The maximum absolute atomic E-state index is 13.0. The first kappa shape index (κ1) is 24.9. The number of hydrogen-bond donors (Lipinski definition) is 1. The number of benzene rings is 1. The molecule has 1 aliphatic carbocycles. The number of nitrogens with zero attached hydrogens (tertiary/aromatic N) is 3. The molecule has 1 N–H and O–H groups in total. The summed E-state index contributed by atoms with van der Waals surface area (Å²) in [7, 11) is 0. The maximum atomic E-state index is 13.0. The Morgan fingerprint density at radius 1 is 1.18 bits per heavy atom. The standard InChI is InChI=1S/C22H23BrF3N3O4/c1-21(2,3)33-20(32)29(10-12-4-5-16(17(23)6-12)22(24,25)26)11-13-8-28-18(9-27-13)14-7-15(14)19(30)31/h4-6,8-9,14-15H,7,10-11H2,1-3H3,(H,30,31)/t14-,15-/m0/s1. The van der Waals surface area contributed by atoms with Crippen molar-refractivity contribution < 1.29 is 32.6 Å². The third-order valence-electron chi connectivity index (χ3n) is 4.93. The molecule has 0 bridgehead atoms. The van der Waals surface area contributed by atoms with E-state index in [1.165, 1.54) is 29.4 Å². The van der Waals surface area contributed by atoms with Crippen LogP contribution in [-0.2, 0) is 28.8 Å². The molecule has 0 unspecified atom stereocenters. The van der Waals surface area contributed by atoms with Gasteiger partial charge in [0.25, 0.3) is 0 Å². The molecule has 1 aliphatic rings. The smallest absolute Gasteiger partial charge is 0.417 e. The van der Waals surface area contributed by atoms with Crippen molar-refractivity contribution in [2.45, 2.75) is 58.0 Å². The Morgan fingerprint density at radius 2 is 1.88 bits per heavy atom. The van der Waals surface area contributed by atoms with E-state index in [-0.39, 0.29) is 23.5 Å². The van der Waals surface area contributed by atoms with Crippen LogP contribution in [0.4, 0.5) is 18.0 Å². The van der Waals surface area contributed by atoms with E-state index >= 15 is 0 Å². The van der Waals surface area contributed by atoms with Crippen LogP contribution in [0.15, 0.2) is 35.1 Å². The first-order chi connectivity index (χ1) is 15.2. The van der Waals surface area contributed by atoms with Gasteiger partial charge in [-0.1, -0.05) is 22.0 Å². The number of ether oxygens (including phenoxy) is 1. The predicted octanol–water partition coefficient (Wildman–Crippen LogP) is 5.38. The summed E-state index contributed by atoms with van der Waals surface area (Å²) in [6, 6.07) is 3.57. The van der Waals surface area contributed by atoms with Gasteiger partial charge in [-0.3, -0.25) is 19.7 Å². The molecule has 0 spiro atoms. The first-order valence-electron chi connectivity index (χ1n) is 10.1. The number of alkyl halides is 3. The molecule has 11 heteroatoms. The summed E-state index contributed by atoms with van der Waals surface area (Å²) in [6.07, 6.45) is -1.69. The third kappa shape index (κ3) is 6.66. The molecule has 33 heavy (non-hydrogen) atoms.